The van der Waals surface area contributed by atoms with Gasteiger partial charge < -0.3 is 14.7 Å². The lowest BCUT2D eigenvalue weighted by Gasteiger charge is -2.28. The molecule has 1 fully saturated rings. The van der Waals surface area contributed by atoms with E-state index in [0.717, 1.165) is 12.0 Å². The third kappa shape index (κ3) is 3.36. The predicted molar refractivity (Wildman–Crippen MR) is 73.1 cm³/mol. The van der Waals surface area contributed by atoms with Gasteiger partial charge in [-0.1, -0.05) is 30.3 Å². The third-order valence-corrected chi connectivity index (χ3v) is 3.51. The van der Waals surface area contributed by atoms with Gasteiger partial charge in [0.05, 0.1) is 0 Å². The SMILES string of the molecule is CC(C(=O)O)N(Cc1ccccc1)C(=O)[C@@H]1CCCO1. The summed E-state index contributed by atoms with van der Waals surface area (Å²) in [6.45, 7) is 2.38. The second kappa shape index (κ2) is 6.52. The van der Waals surface area contributed by atoms with E-state index < -0.39 is 18.1 Å². The van der Waals surface area contributed by atoms with Gasteiger partial charge in [-0.2, -0.15) is 0 Å². The van der Waals surface area contributed by atoms with Crippen molar-refractivity contribution in [1.82, 2.24) is 4.90 Å². The second-order valence-electron chi connectivity index (χ2n) is 4.97. The van der Waals surface area contributed by atoms with Crippen LogP contribution in [0.4, 0.5) is 0 Å². The molecule has 1 saturated heterocycles. The molecule has 0 bridgehead atoms. The van der Waals surface area contributed by atoms with Gasteiger partial charge in [0.2, 0.25) is 0 Å². The van der Waals surface area contributed by atoms with Gasteiger partial charge in [-0.05, 0) is 25.3 Å². The summed E-state index contributed by atoms with van der Waals surface area (Å²) < 4.78 is 5.38. The molecule has 0 aliphatic carbocycles. The number of nitrogens with zero attached hydrogens (tertiary/aromatic N) is 1. The first-order valence-electron chi connectivity index (χ1n) is 6.78. The van der Waals surface area contributed by atoms with E-state index in [1.807, 2.05) is 30.3 Å². The number of carboxylic acid groups (broad SMARTS) is 1. The summed E-state index contributed by atoms with van der Waals surface area (Å²) in [7, 11) is 0. The minimum absolute atomic E-state index is 0.235. The van der Waals surface area contributed by atoms with Gasteiger partial charge >= 0.3 is 5.97 Å². The van der Waals surface area contributed by atoms with E-state index in [2.05, 4.69) is 0 Å². The first-order chi connectivity index (χ1) is 9.59. The number of carbonyl (C=O) groups is 2. The number of carbonyl (C=O) groups excluding carboxylic acids is 1. The van der Waals surface area contributed by atoms with E-state index in [9.17, 15) is 14.7 Å². The maximum absolute atomic E-state index is 12.4. The lowest BCUT2D eigenvalue weighted by Crippen LogP contribution is -2.47. The summed E-state index contributed by atoms with van der Waals surface area (Å²) in [4.78, 5) is 25.0. The zero-order valence-corrected chi connectivity index (χ0v) is 11.5. The summed E-state index contributed by atoms with van der Waals surface area (Å²) in [6.07, 6.45) is 1.01. The van der Waals surface area contributed by atoms with Crippen molar-refractivity contribution in [2.75, 3.05) is 6.61 Å². The molecule has 1 aromatic rings. The molecule has 0 radical (unpaired) electrons. The third-order valence-electron chi connectivity index (χ3n) is 3.51. The van der Waals surface area contributed by atoms with E-state index in [1.54, 1.807) is 0 Å². The summed E-state index contributed by atoms with van der Waals surface area (Å²) in [5.74, 6) is -1.24. The summed E-state index contributed by atoms with van der Waals surface area (Å²) >= 11 is 0. The molecule has 2 atom stereocenters. The molecule has 5 nitrogen and oxygen atoms in total. The topological polar surface area (TPSA) is 66.8 Å². The number of rotatable bonds is 5. The van der Waals surface area contributed by atoms with Crippen LogP contribution in [-0.2, 0) is 20.9 Å². The molecule has 1 aliphatic heterocycles. The Labute approximate surface area is 118 Å². The number of ether oxygens (including phenoxy) is 1. The van der Waals surface area contributed by atoms with Gasteiger partial charge in [0.25, 0.3) is 5.91 Å². The van der Waals surface area contributed by atoms with Crippen LogP contribution in [0.5, 0.6) is 0 Å². The molecule has 1 amide bonds. The van der Waals surface area contributed by atoms with Crippen molar-refractivity contribution in [3.05, 3.63) is 35.9 Å². The van der Waals surface area contributed by atoms with Crippen molar-refractivity contribution < 1.29 is 19.4 Å². The largest absolute Gasteiger partial charge is 0.480 e. The summed E-state index contributed by atoms with van der Waals surface area (Å²) in [5.41, 5.74) is 0.909. The molecule has 1 N–H and O–H groups in total. The van der Waals surface area contributed by atoms with E-state index in [4.69, 9.17) is 4.74 Å². The Morgan fingerprint density at radius 2 is 2.10 bits per heavy atom. The molecule has 0 aromatic heterocycles. The number of benzene rings is 1. The molecule has 20 heavy (non-hydrogen) atoms. The minimum atomic E-state index is -1.01. The van der Waals surface area contributed by atoms with Crippen LogP contribution in [0, 0.1) is 0 Å². The number of aliphatic carboxylic acids is 1. The zero-order valence-electron chi connectivity index (χ0n) is 11.5. The van der Waals surface area contributed by atoms with Crippen molar-refractivity contribution in [2.45, 2.75) is 38.5 Å². The predicted octanol–water partition coefficient (Wildman–Crippen LogP) is 1.67. The maximum atomic E-state index is 12.4. The van der Waals surface area contributed by atoms with Crippen molar-refractivity contribution in [1.29, 1.82) is 0 Å². The van der Waals surface area contributed by atoms with E-state index >= 15 is 0 Å². The van der Waals surface area contributed by atoms with Gasteiger partial charge in [-0.15, -0.1) is 0 Å². The first-order valence-corrected chi connectivity index (χ1v) is 6.78. The smallest absolute Gasteiger partial charge is 0.326 e. The molecule has 2 rings (SSSR count). The standard InChI is InChI=1S/C15H19NO4/c1-11(15(18)19)16(10-12-6-3-2-4-7-12)14(17)13-8-5-9-20-13/h2-4,6-7,11,13H,5,8-10H2,1H3,(H,18,19)/t11?,13-/m0/s1. The monoisotopic (exact) mass is 277 g/mol. The molecule has 0 spiro atoms. The van der Waals surface area contributed by atoms with Crippen molar-refractivity contribution in [3.8, 4) is 0 Å². The highest BCUT2D eigenvalue weighted by atomic mass is 16.5. The lowest BCUT2D eigenvalue weighted by molar-refractivity contribution is -0.154. The minimum Gasteiger partial charge on any atom is -0.480 e. The Kier molecular flexibility index (Phi) is 4.74. The van der Waals surface area contributed by atoms with Crippen LogP contribution in [0.3, 0.4) is 0 Å². The highest BCUT2D eigenvalue weighted by molar-refractivity contribution is 5.86. The van der Waals surface area contributed by atoms with Gasteiger partial charge in [-0.25, -0.2) is 4.79 Å². The highest BCUT2D eigenvalue weighted by Gasteiger charge is 2.33. The summed E-state index contributed by atoms with van der Waals surface area (Å²) in [6, 6.07) is 8.52. The van der Waals surface area contributed by atoms with E-state index in [0.29, 0.717) is 13.0 Å². The molecular formula is C15H19NO4. The molecule has 1 aromatic carbocycles. The first kappa shape index (κ1) is 14.5. The normalized spacial score (nSPS) is 19.6. The lowest BCUT2D eigenvalue weighted by atomic mass is 10.1. The molecule has 108 valence electrons. The van der Waals surface area contributed by atoms with Gasteiger partial charge in [0.15, 0.2) is 0 Å². The Bertz CT molecular complexity index is 468. The fourth-order valence-electron chi connectivity index (χ4n) is 2.28. The van der Waals surface area contributed by atoms with E-state index in [1.165, 1.54) is 11.8 Å². The second-order valence-corrected chi connectivity index (χ2v) is 4.97. The van der Waals surface area contributed by atoms with E-state index in [-0.39, 0.29) is 12.5 Å². The maximum Gasteiger partial charge on any atom is 0.326 e. The molecular weight excluding hydrogens is 258 g/mol. The highest BCUT2D eigenvalue weighted by Crippen LogP contribution is 2.18. The number of hydrogen-bond acceptors (Lipinski definition) is 3. The Morgan fingerprint density at radius 3 is 2.65 bits per heavy atom. The molecule has 5 heteroatoms. The van der Waals surface area contributed by atoms with Crippen LogP contribution in [0.15, 0.2) is 30.3 Å². The van der Waals surface area contributed by atoms with Crippen molar-refractivity contribution in [3.63, 3.8) is 0 Å². The van der Waals surface area contributed by atoms with Crippen LogP contribution in [0.2, 0.25) is 0 Å². The quantitative estimate of drug-likeness (QED) is 0.889. The van der Waals surface area contributed by atoms with Crippen LogP contribution in [0.25, 0.3) is 0 Å². The average molecular weight is 277 g/mol. The Morgan fingerprint density at radius 1 is 1.40 bits per heavy atom. The molecule has 1 heterocycles. The van der Waals surface area contributed by atoms with Gasteiger partial charge in [-0.3, -0.25) is 4.79 Å². The van der Waals surface area contributed by atoms with Gasteiger partial charge in [0, 0.05) is 13.2 Å². The van der Waals surface area contributed by atoms with Crippen molar-refractivity contribution in [2.24, 2.45) is 0 Å². The van der Waals surface area contributed by atoms with Crippen molar-refractivity contribution >= 4 is 11.9 Å². The van der Waals surface area contributed by atoms with Crippen LogP contribution in [-0.4, -0.2) is 40.6 Å². The number of carboxylic acids is 1. The zero-order chi connectivity index (χ0) is 14.5. The molecule has 0 saturated carbocycles. The number of hydrogen-bond donors (Lipinski definition) is 1. The average Bonchev–Trinajstić information content (AvgIpc) is 2.98. The van der Waals surface area contributed by atoms with Crippen LogP contribution < -0.4 is 0 Å². The molecule has 1 aliphatic rings. The molecule has 1 unspecified atom stereocenters. The Balaban J connectivity index is 2.15. The van der Waals surface area contributed by atoms with Crippen LogP contribution in [0.1, 0.15) is 25.3 Å². The van der Waals surface area contributed by atoms with Crippen LogP contribution >= 0.6 is 0 Å². The summed E-state index contributed by atoms with van der Waals surface area (Å²) in [5, 5.41) is 9.19. The fourth-order valence-corrected chi connectivity index (χ4v) is 2.28. The Hall–Kier alpha value is -1.88. The number of amides is 1. The fraction of sp³-hybridized carbons (Fsp3) is 0.467. The van der Waals surface area contributed by atoms with Gasteiger partial charge in [0.1, 0.15) is 12.1 Å².